The highest BCUT2D eigenvalue weighted by atomic mass is 32.1. The fourth-order valence-electron chi connectivity index (χ4n) is 2.91. The van der Waals surface area contributed by atoms with Crippen LogP contribution in [0.25, 0.3) is 0 Å². The smallest absolute Gasteiger partial charge is 0.223 e. The molecule has 1 atom stereocenters. The van der Waals surface area contributed by atoms with Crippen LogP contribution in [0.4, 0.5) is 0 Å². The molecule has 0 saturated carbocycles. The molecule has 1 amide bonds. The van der Waals surface area contributed by atoms with Gasteiger partial charge in [0.15, 0.2) is 0 Å². The Hall–Kier alpha value is -1.72. The molecule has 4 nitrogen and oxygen atoms in total. The van der Waals surface area contributed by atoms with E-state index < -0.39 is 0 Å². The quantitative estimate of drug-likeness (QED) is 0.870. The van der Waals surface area contributed by atoms with E-state index >= 15 is 0 Å². The molecule has 116 valence electrons. The summed E-state index contributed by atoms with van der Waals surface area (Å²) >= 11 is 1.62. The Morgan fingerprint density at radius 2 is 2.14 bits per heavy atom. The molecule has 2 aromatic rings. The van der Waals surface area contributed by atoms with Crippen LogP contribution in [-0.2, 0) is 11.2 Å². The minimum atomic E-state index is 0.156. The first-order valence-electron chi connectivity index (χ1n) is 7.65. The van der Waals surface area contributed by atoms with E-state index in [1.807, 2.05) is 28.5 Å². The molecule has 1 aromatic heterocycles. The van der Waals surface area contributed by atoms with E-state index in [0.717, 1.165) is 31.1 Å². The standard InChI is InChI=1S/C17H21N3OS/c1-19-10-11-20(15(13-19)14-5-3-2-4-6-14)17(21)8-7-16-18-9-12-22-16/h2-6,9,12,15H,7-8,10-11,13H2,1H3/t15-/m0/s1. The number of thiazole rings is 1. The summed E-state index contributed by atoms with van der Waals surface area (Å²) in [5.41, 5.74) is 1.22. The second kappa shape index (κ2) is 7.03. The first kappa shape index (κ1) is 15.2. The Kier molecular flexibility index (Phi) is 4.85. The van der Waals surface area contributed by atoms with E-state index in [1.54, 1.807) is 17.5 Å². The van der Waals surface area contributed by atoms with Gasteiger partial charge in [0.2, 0.25) is 5.91 Å². The number of benzene rings is 1. The predicted octanol–water partition coefficient (Wildman–Crippen LogP) is 2.59. The van der Waals surface area contributed by atoms with Gasteiger partial charge in [-0.05, 0) is 12.6 Å². The zero-order valence-corrected chi connectivity index (χ0v) is 13.6. The minimum absolute atomic E-state index is 0.156. The van der Waals surface area contributed by atoms with E-state index in [0.29, 0.717) is 6.42 Å². The summed E-state index contributed by atoms with van der Waals surface area (Å²) in [6.45, 7) is 2.63. The average molecular weight is 315 g/mol. The molecule has 0 aliphatic carbocycles. The minimum Gasteiger partial charge on any atom is -0.333 e. The van der Waals surface area contributed by atoms with Crippen LogP contribution >= 0.6 is 11.3 Å². The second-order valence-electron chi connectivity index (χ2n) is 5.70. The molecule has 2 heterocycles. The molecule has 22 heavy (non-hydrogen) atoms. The number of aryl methyl sites for hydroxylation is 1. The molecule has 1 aromatic carbocycles. The molecule has 0 bridgehead atoms. The number of hydrogen-bond acceptors (Lipinski definition) is 4. The zero-order valence-electron chi connectivity index (χ0n) is 12.8. The van der Waals surface area contributed by atoms with Crippen LogP contribution < -0.4 is 0 Å². The van der Waals surface area contributed by atoms with Gasteiger partial charge in [0, 0.05) is 44.1 Å². The summed E-state index contributed by atoms with van der Waals surface area (Å²) in [5.74, 6) is 0.233. The third kappa shape index (κ3) is 3.54. The van der Waals surface area contributed by atoms with Gasteiger partial charge in [-0.15, -0.1) is 11.3 Å². The van der Waals surface area contributed by atoms with Gasteiger partial charge in [0.25, 0.3) is 0 Å². The number of carbonyl (C=O) groups excluding carboxylic acids is 1. The molecule has 0 radical (unpaired) electrons. The maximum Gasteiger partial charge on any atom is 0.223 e. The molecule has 1 saturated heterocycles. The lowest BCUT2D eigenvalue weighted by molar-refractivity contribution is -0.136. The highest BCUT2D eigenvalue weighted by molar-refractivity contribution is 7.09. The SMILES string of the molecule is CN1CCN(C(=O)CCc2nccs2)[C@H](c2ccccc2)C1. The van der Waals surface area contributed by atoms with E-state index in [2.05, 4.69) is 29.1 Å². The first-order valence-corrected chi connectivity index (χ1v) is 8.53. The number of hydrogen-bond donors (Lipinski definition) is 0. The van der Waals surface area contributed by atoms with Gasteiger partial charge in [0.05, 0.1) is 11.0 Å². The van der Waals surface area contributed by atoms with Gasteiger partial charge in [-0.2, -0.15) is 0 Å². The number of rotatable bonds is 4. The van der Waals surface area contributed by atoms with Crippen molar-refractivity contribution in [1.29, 1.82) is 0 Å². The second-order valence-corrected chi connectivity index (χ2v) is 6.68. The number of nitrogens with zero attached hydrogens (tertiary/aromatic N) is 3. The summed E-state index contributed by atoms with van der Waals surface area (Å²) in [4.78, 5) is 21.3. The van der Waals surface area contributed by atoms with Crippen molar-refractivity contribution in [2.45, 2.75) is 18.9 Å². The van der Waals surface area contributed by atoms with E-state index in [-0.39, 0.29) is 11.9 Å². The average Bonchev–Trinajstić information content (AvgIpc) is 3.07. The Bertz CT molecular complexity index is 600. The molecule has 0 unspecified atom stereocenters. The van der Waals surface area contributed by atoms with Crippen LogP contribution in [0.2, 0.25) is 0 Å². The molecule has 0 N–H and O–H groups in total. The fourth-order valence-corrected chi connectivity index (χ4v) is 3.53. The van der Waals surface area contributed by atoms with Crippen LogP contribution in [0.3, 0.4) is 0 Å². The van der Waals surface area contributed by atoms with Crippen molar-refractivity contribution in [3.63, 3.8) is 0 Å². The van der Waals surface area contributed by atoms with E-state index in [1.165, 1.54) is 5.56 Å². The van der Waals surface area contributed by atoms with Crippen molar-refractivity contribution in [3.05, 3.63) is 52.5 Å². The van der Waals surface area contributed by atoms with Crippen LogP contribution in [0.1, 0.15) is 23.0 Å². The Labute approximate surface area is 135 Å². The van der Waals surface area contributed by atoms with Gasteiger partial charge in [-0.25, -0.2) is 4.98 Å². The lowest BCUT2D eigenvalue weighted by Gasteiger charge is -2.40. The van der Waals surface area contributed by atoms with Crippen molar-refractivity contribution in [1.82, 2.24) is 14.8 Å². The number of carbonyl (C=O) groups is 1. The molecule has 5 heteroatoms. The Morgan fingerprint density at radius 3 is 2.86 bits per heavy atom. The van der Waals surface area contributed by atoms with E-state index in [9.17, 15) is 4.79 Å². The fraction of sp³-hybridized carbons (Fsp3) is 0.412. The number of piperazine rings is 1. The maximum absolute atomic E-state index is 12.7. The van der Waals surface area contributed by atoms with Crippen molar-refractivity contribution < 1.29 is 4.79 Å². The van der Waals surface area contributed by atoms with Crippen LogP contribution in [0.5, 0.6) is 0 Å². The molecular formula is C17H21N3OS. The van der Waals surface area contributed by atoms with Crippen LogP contribution in [0, 0.1) is 0 Å². The molecule has 1 fully saturated rings. The lowest BCUT2D eigenvalue weighted by Crippen LogP contribution is -2.49. The van der Waals surface area contributed by atoms with Crippen molar-refractivity contribution in [2.75, 3.05) is 26.7 Å². The Balaban J connectivity index is 1.70. The predicted molar refractivity (Wildman–Crippen MR) is 88.8 cm³/mol. The maximum atomic E-state index is 12.7. The normalized spacial score (nSPS) is 19.3. The van der Waals surface area contributed by atoms with Gasteiger partial charge in [-0.1, -0.05) is 30.3 Å². The summed E-state index contributed by atoms with van der Waals surface area (Å²) in [5, 5.41) is 3.00. The zero-order chi connectivity index (χ0) is 15.4. The summed E-state index contributed by atoms with van der Waals surface area (Å²) in [6.07, 6.45) is 3.08. The topological polar surface area (TPSA) is 36.4 Å². The van der Waals surface area contributed by atoms with Gasteiger partial charge in [-0.3, -0.25) is 4.79 Å². The third-order valence-electron chi connectivity index (χ3n) is 4.12. The van der Waals surface area contributed by atoms with Gasteiger partial charge >= 0.3 is 0 Å². The largest absolute Gasteiger partial charge is 0.333 e. The number of aromatic nitrogens is 1. The number of likely N-dealkylation sites (N-methyl/N-ethyl adjacent to an activating group) is 1. The third-order valence-corrected chi connectivity index (χ3v) is 4.96. The van der Waals surface area contributed by atoms with Gasteiger partial charge in [0.1, 0.15) is 0 Å². The molecular weight excluding hydrogens is 294 g/mol. The summed E-state index contributed by atoms with van der Waals surface area (Å²) < 4.78 is 0. The summed E-state index contributed by atoms with van der Waals surface area (Å²) in [6, 6.07) is 10.5. The lowest BCUT2D eigenvalue weighted by atomic mass is 10.0. The Morgan fingerprint density at radius 1 is 1.32 bits per heavy atom. The van der Waals surface area contributed by atoms with Crippen molar-refractivity contribution in [3.8, 4) is 0 Å². The molecule has 1 aliphatic rings. The van der Waals surface area contributed by atoms with Crippen LogP contribution in [0.15, 0.2) is 41.9 Å². The summed E-state index contributed by atoms with van der Waals surface area (Å²) in [7, 11) is 2.12. The molecule has 0 spiro atoms. The van der Waals surface area contributed by atoms with E-state index in [4.69, 9.17) is 0 Å². The number of amides is 1. The first-order chi connectivity index (χ1) is 10.7. The van der Waals surface area contributed by atoms with Crippen molar-refractivity contribution in [2.24, 2.45) is 0 Å². The monoisotopic (exact) mass is 315 g/mol. The van der Waals surface area contributed by atoms with Gasteiger partial charge < -0.3 is 9.80 Å². The highest BCUT2D eigenvalue weighted by Gasteiger charge is 2.29. The van der Waals surface area contributed by atoms with Crippen LogP contribution in [-0.4, -0.2) is 47.4 Å². The molecule has 1 aliphatic heterocycles. The highest BCUT2D eigenvalue weighted by Crippen LogP contribution is 2.25. The molecule has 3 rings (SSSR count). The van der Waals surface area contributed by atoms with Crippen molar-refractivity contribution >= 4 is 17.2 Å².